The first kappa shape index (κ1) is 6.36. The van der Waals surface area contributed by atoms with Gasteiger partial charge in [0.2, 0.25) is 0 Å². The van der Waals surface area contributed by atoms with Crippen molar-refractivity contribution in [3.05, 3.63) is 24.1 Å². The Morgan fingerprint density at radius 1 is 1.45 bits per heavy atom. The van der Waals surface area contributed by atoms with Crippen molar-refractivity contribution < 1.29 is 0 Å². The van der Waals surface area contributed by atoms with E-state index in [1.54, 1.807) is 34.6 Å². The second kappa shape index (κ2) is 2.35. The van der Waals surface area contributed by atoms with Crippen LogP contribution >= 0.6 is 11.3 Å². The van der Waals surface area contributed by atoms with Gasteiger partial charge < -0.3 is 5.73 Å². The van der Waals surface area contributed by atoms with Gasteiger partial charge in [-0.15, -0.1) is 11.3 Å². The van der Waals surface area contributed by atoms with Crippen molar-refractivity contribution in [2.45, 2.75) is 0 Å². The number of anilines is 1. The molecule has 0 aliphatic heterocycles. The molecule has 0 atom stereocenters. The molecule has 0 spiro atoms. The summed E-state index contributed by atoms with van der Waals surface area (Å²) in [5.41, 5.74) is 5.43. The lowest BCUT2D eigenvalue weighted by Crippen LogP contribution is -1.87. The molecular weight excluding hydrogens is 160 g/mol. The summed E-state index contributed by atoms with van der Waals surface area (Å²) in [5.74, 6) is 0.514. The Balaban J connectivity index is 2.45. The number of nitrogens with zero attached hydrogens (tertiary/aromatic N) is 3. The highest BCUT2D eigenvalue weighted by atomic mass is 32.1. The maximum Gasteiger partial charge on any atom is 0.194 e. The molecule has 56 valence electrons. The summed E-state index contributed by atoms with van der Waals surface area (Å²) in [6.45, 7) is 0. The van der Waals surface area contributed by atoms with Crippen LogP contribution in [0, 0.1) is 0 Å². The summed E-state index contributed by atoms with van der Waals surface area (Å²) in [5, 5.41) is 2.79. The molecule has 2 heterocycles. The second-order valence-electron chi connectivity index (χ2n) is 2.02. The normalized spacial score (nSPS) is 10.2. The Morgan fingerprint density at radius 2 is 2.36 bits per heavy atom. The zero-order valence-electron chi connectivity index (χ0n) is 5.64. The van der Waals surface area contributed by atoms with Crippen LogP contribution in [0.3, 0.4) is 0 Å². The predicted molar refractivity (Wildman–Crippen MR) is 43.6 cm³/mol. The van der Waals surface area contributed by atoms with E-state index < -0.39 is 0 Å². The largest absolute Gasteiger partial charge is 0.382 e. The van der Waals surface area contributed by atoms with Crippen LogP contribution in [-0.2, 0) is 0 Å². The van der Waals surface area contributed by atoms with Gasteiger partial charge in [0.25, 0.3) is 0 Å². The van der Waals surface area contributed by atoms with Gasteiger partial charge in [-0.1, -0.05) is 0 Å². The van der Waals surface area contributed by atoms with E-state index in [-0.39, 0.29) is 0 Å². The van der Waals surface area contributed by atoms with Crippen molar-refractivity contribution in [3.8, 4) is 5.13 Å². The van der Waals surface area contributed by atoms with E-state index in [2.05, 4.69) is 9.97 Å². The average molecular weight is 166 g/mol. The third-order valence-corrected chi connectivity index (χ3v) is 2.03. The molecule has 2 aromatic heterocycles. The number of hydrogen-bond donors (Lipinski definition) is 1. The monoisotopic (exact) mass is 166 g/mol. The fourth-order valence-electron chi connectivity index (χ4n) is 0.786. The lowest BCUT2D eigenvalue weighted by atomic mass is 10.8. The van der Waals surface area contributed by atoms with E-state index in [0.717, 1.165) is 5.13 Å². The van der Waals surface area contributed by atoms with E-state index in [0.29, 0.717) is 5.82 Å². The van der Waals surface area contributed by atoms with Gasteiger partial charge in [0.15, 0.2) is 5.13 Å². The molecule has 0 aliphatic rings. The van der Waals surface area contributed by atoms with E-state index in [1.165, 1.54) is 0 Å². The Morgan fingerprint density at radius 3 is 2.91 bits per heavy atom. The number of hydrogen-bond acceptors (Lipinski definition) is 4. The van der Waals surface area contributed by atoms with Gasteiger partial charge in [-0.2, -0.15) is 0 Å². The van der Waals surface area contributed by atoms with Crippen LogP contribution in [0.2, 0.25) is 0 Å². The lowest BCUT2D eigenvalue weighted by Gasteiger charge is -1.90. The molecule has 0 aliphatic carbocycles. The Kier molecular flexibility index (Phi) is 1.36. The SMILES string of the molecule is Nc1cn(-c2nccs2)cn1. The van der Waals surface area contributed by atoms with Crippen LogP contribution in [0.25, 0.3) is 5.13 Å². The summed E-state index contributed by atoms with van der Waals surface area (Å²) in [6.07, 6.45) is 5.13. The number of nitrogens with two attached hydrogens (primary N) is 1. The van der Waals surface area contributed by atoms with Crippen LogP contribution in [0.15, 0.2) is 24.1 Å². The van der Waals surface area contributed by atoms with Crippen LogP contribution in [-0.4, -0.2) is 14.5 Å². The minimum atomic E-state index is 0.514. The smallest absolute Gasteiger partial charge is 0.194 e. The van der Waals surface area contributed by atoms with E-state index in [9.17, 15) is 0 Å². The van der Waals surface area contributed by atoms with Crippen molar-refractivity contribution in [1.29, 1.82) is 0 Å². The summed E-state index contributed by atoms with van der Waals surface area (Å²) in [6, 6.07) is 0. The van der Waals surface area contributed by atoms with Crippen LogP contribution in [0.5, 0.6) is 0 Å². The van der Waals surface area contributed by atoms with Gasteiger partial charge in [-0.3, -0.25) is 4.57 Å². The first-order chi connectivity index (χ1) is 5.36. The summed E-state index contributed by atoms with van der Waals surface area (Å²) in [4.78, 5) is 7.97. The van der Waals surface area contributed by atoms with Crippen molar-refractivity contribution in [1.82, 2.24) is 14.5 Å². The molecule has 2 rings (SSSR count). The highest BCUT2D eigenvalue weighted by molar-refractivity contribution is 7.12. The zero-order valence-corrected chi connectivity index (χ0v) is 6.45. The molecule has 11 heavy (non-hydrogen) atoms. The first-order valence-electron chi connectivity index (χ1n) is 3.05. The van der Waals surface area contributed by atoms with Crippen molar-refractivity contribution in [2.24, 2.45) is 0 Å². The molecule has 0 unspecified atom stereocenters. The van der Waals surface area contributed by atoms with E-state index >= 15 is 0 Å². The topological polar surface area (TPSA) is 56.7 Å². The highest BCUT2D eigenvalue weighted by Crippen LogP contribution is 2.11. The molecule has 0 saturated heterocycles. The molecule has 2 aromatic rings. The van der Waals surface area contributed by atoms with Crippen LogP contribution < -0.4 is 5.73 Å². The second-order valence-corrected chi connectivity index (χ2v) is 2.89. The first-order valence-corrected chi connectivity index (χ1v) is 3.93. The van der Waals surface area contributed by atoms with E-state index in [1.807, 2.05) is 5.38 Å². The number of imidazole rings is 1. The van der Waals surface area contributed by atoms with Crippen LogP contribution in [0.4, 0.5) is 5.82 Å². The fraction of sp³-hybridized carbons (Fsp3) is 0. The molecule has 0 saturated carbocycles. The average Bonchev–Trinajstić information content (AvgIpc) is 2.55. The molecular formula is C6H6N4S. The molecule has 0 fully saturated rings. The molecule has 0 aromatic carbocycles. The van der Waals surface area contributed by atoms with Crippen molar-refractivity contribution in [2.75, 3.05) is 5.73 Å². The van der Waals surface area contributed by atoms with Gasteiger partial charge in [0.05, 0.1) is 6.20 Å². The van der Waals surface area contributed by atoms with Gasteiger partial charge in [0, 0.05) is 11.6 Å². The van der Waals surface area contributed by atoms with Gasteiger partial charge in [-0.05, 0) is 0 Å². The summed E-state index contributed by atoms with van der Waals surface area (Å²) in [7, 11) is 0. The lowest BCUT2D eigenvalue weighted by molar-refractivity contribution is 1.03. The van der Waals surface area contributed by atoms with Crippen molar-refractivity contribution in [3.63, 3.8) is 0 Å². The Hall–Kier alpha value is -1.36. The third-order valence-electron chi connectivity index (χ3n) is 1.24. The molecule has 0 radical (unpaired) electrons. The molecule has 4 nitrogen and oxygen atoms in total. The van der Waals surface area contributed by atoms with Gasteiger partial charge >= 0.3 is 0 Å². The van der Waals surface area contributed by atoms with E-state index in [4.69, 9.17) is 5.73 Å². The number of nitrogen functional groups attached to an aromatic ring is 1. The highest BCUT2D eigenvalue weighted by Gasteiger charge is 1.98. The number of aromatic nitrogens is 3. The quantitative estimate of drug-likeness (QED) is 0.685. The summed E-state index contributed by atoms with van der Waals surface area (Å²) >= 11 is 1.55. The van der Waals surface area contributed by atoms with Crippen molar-refractivity contribution >= 4 is 17.2 Å². The predicted octanol–water partition coefficient (Wildman–Crippen LogP) is 0.911. The van der Waals surface area contributed by atoms with Gasteiger partial charge in [0.1, 0.15) is 12.1 Å². The minimum Gasteiger partial charge on any atom is -0.382 e. The Bertz CT molecular complexity index is 337. The third kappa shape index (κ3) is 1.10. The minimum absolute atomic E-state index is 0.514. The zero-order chi connectivity index (χ0) is 7.68. The molecule has 0 bridgehead atoms. The number of thiazole rings is 1. The molecule has 2 N–H and O–H groups in total. The maximum absolute atomic E-state index is 5.43. The fourth-order valence-corrected chi connectivity index (χ4v) is 1.37. The standard InChI is InChI=1S/C6H6N4S/c7-5-3-10(4-9-5)6-8-1-2-11-6/h1-4H,7H2. The molecule has 5 heteroatoms. The molecule has 0 amide bonds. The van der Waals surface area contributed by atoms with Gasteiger partial charge in [-0.25, -0.2) is 9.97 Å². The van der Waals surface area contributed by atoms with Crippen LogP contribution in [0.1, 0.15) is 0 Å². The summed E-state index contributed by atoms with van der Waals surface area (Å²) < 4.78 is 1.79. The Labute approximate surface area is 67.3 Å². The number of rotatable bonds is 1. The maximum atomic E-state index is 5.43.